The molecule has 0 atom stereocenters. The van der Waals surface area contributed by atoms with Crippen LogP contribution in [0, 0.1) is 5.82 Å². The summed E-state index contributed by atoms with van der Waals surface area (Å²) in [4.78, 5) is 17.7. The molecular weight excluding hydrogens is 433 g/mol. The van der Waals surface area contributed by atoms with Crippen LogP contribution >= 0.6 is 22.7 Å². The summed E-state index contributed by atoms with van der Waals surface area (Å²) >= 11 is 2.97. The molecule has 8 heteroatoms. The third-order valence-corrected chi connectivity index (χ3v) is 6.66. The lowest BCUT2D eigenvalue weighted by Gasteiger charge is -2.10. The fourth-order valence-electron chi connectivity index (χ4n) is 3.53. The molecule has 156 valence electrons. The van der Waals surface area contributed by atoms with Gasteiger partial charge in [-0.1, -0.05) is 23.5 Å². The molecule has 0 saturated heterocycles. The molecule has 5 nitrogen and oxygen atoms in total. The van der Waals surface area contributed by atoms with Crippen molar-refractivity contribution >= 4 is 54.1 Å². The normalized spacial score (nSPS) is 11.3. The Balaban J connectivity index is 1.46. The Bertz CT molecular complexity index is 1400. The maximum Gasteiger partial charge on any atom is 0.274 e. The Morgan fingerprint density at radius 2 is 2.06 bits per heavy atom. The van der Waals surface area contributed by atoms with E-state index in [0.717, 1.165) is 31.7 Å². The number of nitrogens with one attached hydrogen (secondary N) is 1. The standard InChI is InChI=1S/C23H18FN3O2S2/c1-2-29-16-6-7-17-20(11-16)31-23(25-17)26-22(28)19-12-21-18(8-9-30-21)27(19)13-14-4-3-5-15(24)10-14/h3-12H,2,13H2,1H3,(H,25,26,28). The van der Waals surface area contributed by atoms with Crippen LogP contribution < -0.4 is 10.1 Å². The molecule has 0 aliphatic rings. The molecular formula is C23H18FN3O2S2. The number of carbonyl (C=O) groups is 1. The Morgan fingerprint density at radius 3 is 2.90 bits per heavy atom. The van der Waals surface area contributed by atoms with E-state index in [1.165, 1.54) is 23.5 Å². The van der Waals surface area contributed by atoms with Crippen molar-refractivity contribution in [2.75, 3.05) is 11.9 Å². The van der Waals surface area contributed by atoms with Crippen LogP contribution in [0.15, 0.2) is 60.0 Å². The lowest BCUT2D eigenvalue weighted by atomic mass is 10.2. The van der Waals surface area contributed by atoms with E-state index < -0.39 is 0 Å². The van der Waals surface area contributed by atoms with Crippen molar-refractivity contribution in [1.82, 2.24) is 9.55 Å². The number of ether oxygens (including phenoxy) is 1. The van der Waals surface area contributed by atoms with Gasteiger partial charge >= 0.3 is 0 Å². The first-order chi connectivity index (χ1) is 15.1. The minimum Gasteiger partial charge on any atom is -0.494 e. The van der Waals surface area contributed by atoms with E-state index in [4.69, 9.17) is 4.74 Å². The summed E-state index contributed by atoms with van der Waals surface area (Å²) in [6.45, 7) is 2.93. The number of hydrogen-bond acceptors (Lipinski definition) is 5. The molecule has 0 aliphatic carbocycles. The lowest BCUT2D eigenvalue weighted by Crippen LogP contribution is -2.17. The van der Waals surface area contributed by atoms with Gasteiger partial charge in [-0.15, -0.1) is 11.3 Å². The minimum absolute atomic E-state index is 0.246. The number of hydrogen-bond donors (Lipinski definition) is 1. The van der Waals surface area contributed by atoms with Crippen LogP contribution in [0.1, 0.15) is 23.0 Å². The molecule has 0 spiro atoms. The van der Waals surface area contributed by atoms with Crippen LogP contribution in [-0.2, 0) is 6.54 Å². The number of carbonyl (C=O) groups excluding carboxylic acids is 1. The second-order valence-corrected chi connectivity index (χ2v) is 8.93. The number of benzene rings is 2. The van der Waals surface area contributed by atoms with Gasteiger partial charge in [0.05, 0.1) is 27.0 Å². The quantitative estimate of drug-likeness (QED) is 0.337. The summed E-state index contributed by atoms with van der Waals surface area (Å²) < 4.78 is 23.1. The number of aromatic nitrogens is 2. The summed E-state index contributed by atoms with van der Waals surface area (Å²) in [7, 11) is 0. The summed E-state index contributed by atoms with van der Waals surface area (Å²) in [5.41, 5.74) is 3.06. The second kappa shape index (κ2) is 8.13. The maximum atomic E-state index is 13.7. The van der Waals surface area contributed by atoms with Crippen molar-refractivity contribution in [3.8, 4) is 5.75 Å². The van der Waals surface area contributed by atoms with Gasteiger partial charge in [0.25, 0.3) is 5.91 Å². The average molecular weight is 452 g/mol. The molecule has 0 bridgehead atoms. The molecule has 1 amide bonds. The van der Waals surface area contributed by atoms with Crippen molar-refractivity contribution in [1.29, 1.82) is 0 Å². The number of thiazole rings is 1. The predicted molar refractivity (Wildman–Crippen MR) is 124 cm³/mol. The van der Waals surface area contributed by atoms with Gasteiger partial charge in [-0.25, -0.2) is 9.37 Å². The van der Waals surface area contributed by atoms with E-state index in [9.17, 15) is 9.18 Å². The average Bonchev–Trinajstić information content (AvgIpc) is 3.43. The van der Waals surface area contributed by atoms with E-state index >= 15 is 0 Å². The first-order valence-corrected chi connectivity index (χ1v) is 11.5. The van der Waals surface area contributed by atoms with Crippen LogP contribution in [0.3, 0.4) is 0 Å². The van der Waals surface area contributed by atoms with Gasteiger partial charge in [0.2, 0.25) is 0 Å². The zero-order chi connectivity index (χ0) is 21.4. The molecule has 1 N–H and O–H groups in total. The number of thiophene rings is 1. The highest BCUT2D eigenvalue weighted by molar-refractivity contribution is 7.22. The number of rotatable bonds is 6. The zero-order valence-electron chi connectivity index (χ0n) is 16.6. The highest BCUT2D eigenvalue weighted by Gasteiger charge is 2.18. The molecule has 31 heavy (non-hydrogen) atoms. The van der Waals surface area contributed by atoms with Gasteiger partial charge in [-0.05, 0) is 60.3 Å². The third-order valence-electron chi connectivity index (χ3n) is 4.88. The van der Waals surface area contributed by atoms with Crippen molar-refractivity contribution in [2.24, 2.45) is 0 Å². The lowest BCUT2D eigenvalue weighted by molar-refractivity contribution is 0.101. The van der Waals surface area contributed by atoms with E-state index in [2.05, 4.69) is 10.3 Å². The van der Waals surface area contributed by atoms with Crippen LogP contribution in [0.2, 0.25) is 0 Å². The Morgan fingerprint density at radius 1 is 1.16 bits per heavy atom. The number of fused-ring (bicyclic) bond motifs is 2. The maximum absolute atomic E-state index is 13.7. The summed E-state index contributed by atoms with van der Waals surface area (Å²) in [6, 6.07) is 16.0. The predicted octanol–water partition coefficient (Wildman–Crippen LogP) is 6.15. The minimum atomic E-state index is -0.293. The molecule has 0 radical (unpaired) electrons. The monoisotopic (exact) mass is 451 g/mol. The molecule has 3 heterocycles. The second-order valence-electron chi connectivity index (χ2n) is 6.95. The summed E-state index contributed by atoms with van der Waals surface area (Å²) in [5.74, 6) is 0.239. The van der Waals surface area contributed by atoms with Gasteiger partial charge in [-0.3, -0.25) is 10.1 Å². The van der Waals surface area contributed by atoms with Crippen LogP contribution in [0.5, 0.6) is 5.75 Å². The van der Waals surface area contributed by atoms with Crippen molar-refractivity contribution in [2.45, 2.75) is 13.5 Å². The number of amides is 1. The smallest absolute Gasteiger partial charge is 0.274 e. The largest absolute Gasteiger partial charge is 0.494 e. The van der Waals surface area contributed by atoms with Crippen molar-refractivity contribution in [3.05, 3.63) is 77.1 Å². The molecule has 5 rings (SSSR count). The van der Waals surface area contributed by atoms with Gasteiger partial charge in [0.15, 0.2) is 5.13 Å². The van der Waals surface area contributed by atoms with Crippen LogP contribution in [0.25, 0.3) is 20.4 Å². The van der Waals surface area contributed by atoms with Crippen LogP contribution in [0.4, 0.5) is 9.52 Å². The Hall–Kier alpha value is -3.23. The van der Waals surface area contributed by atoms with Crippen molar-refractivity contribution < 1.29 is 13.9 Å². The molecule has 0 unspecified atom stereocenters. The van der Waals surface area contributed by atoms with E-state index in [1.807, 2.05) is 53.3 Å². The molecule has 0 fully saturated rings. The SMILES string of the molecule is CCOc1ccc2nc(NC(=O)c3cc4sccc4n3Cc3cccc(F)c3)sc2c1. The van der Waals surface area contributed by atoms with Gasteiger partial charge in [0.1, 0.15) is 17.3 Å². The number of halogens is 1. The first-order valence-electron chi connectivity index (χ1n) is 9.76. The molecule has 0 aliphatic heterocycles. The van der Waals surface area contributed by atoms with E-state index in [-0.39, 0.29) is 11.7 Å². The Labute approximate surface area is 185 Å². The topological polar surface area (TPSA) is 56.1 Å². The Kier molecular flexibility index (Phi) is 5.17. The first kappa shape index (κ1) is 19.7. The molecule has 0 saturated carbocycles. The highest BCUT2D eigenvalue weighted by Crippen LogP contribution is 2.31. The van der Waals surface area contributed by atoms with Gasteiger partial charge < -0.3 is 9.30 Å². The fraction of sp³-hybridized carbons (Fsp3) is 0.130. The molecule has 2 aromatic carbocycles. The fourth-order valence-corrected chi connectivity index (χ4v) is 5.24. The van der Waals surface area contributed by atoms with Gasteiger partial charge in [0, 0.05) is 6.54 Å². The summed E-state index contributed by atoms with van der Waals surface area (Å²) in [5, 5.41) is 5.43. The molecule has 3 aromatic heterocycles. The van der Waals surface area contributed by atoms with Crippen molar-refractivity contribution in [3.63, 3.8) is 0 Å². The summed E-state index contributed by atoms with van der Waals surface area (Å²) in [6.07, 6.45) is 0. The number of anilines is 1. The van der Waals surface area contributed by atoms with Crippen LogP contribution in [-0.4, -0.2) is 22.1 Å². The molecule has 5 aromatic rings. The third kappa shape index (κ3) is 3.92. The zero-order valence-corrected chi connectivity index (χ0v) is 18.2. The van der Waals surface area contributed by atoms with Gasteiger partial charge in [-0.2, -0.15) is 0 Å². The van der Waals surface area contributed by atoms with E-state index in [0.29, 0.717) is 24.0 Å². The highest BCUT2D eigenvalue weighted by atomic mass is 32.1. The number of nitrogens with zero attached hydrogens (tertiary/aromatic N) is 2. The van der Waals surface area contributed by atoms with E-state index in [1.54, 1.807) is 17.4 Å².